The zero-order chi connectivity index (χ0) is 31.3. The first-order valence-corrected chi connectivity index (χ1v) is 15.7. The van der Waals surface area contributed by atoms with E-state index in [1.54, 1.807) is 71.6 Å². The molecule has 0 atom stereocenters. The molecule has 234 valence electrons. The molecule has 2 fully saturated rings. The molecule has 2 aliphatic carbocycles. The average Bonchev–Trinajstić information content (AvgIpc) is 3.92. The Kier molecular flexibility index (Phi) is 9.11. The summed E-state index contributed by atoms with van der Waals surface area (Å²) in [5, 5.41) is 8.80. The van der Waals surface area contributed by atoms with Crippen molar-refractivity contribution in [2.75, 3.05) is 29.9 Å². The summed E-state index contributed by atoms with van der Waals surface area (Å²) in [7, 11) is 0. The summed E-state index contributed by atoms with van der Waals surface area (Å²) in [6, 6.07) is 19.2. The van der Waals surface area contributed by atoms with Gasteiger partial charge < -0.3 is 31.3 Å². The Labute approximate surface area is 262 Å². The Bertz CT molecular complexity index is 1560. The molecule has 0 aromatic heterocycles. The number of rotatable bonds is 10. The maximum Gasteiger partial charge on any atom is 0.265 e. The lowest BCUT2D eigenvalue weighted by Crippen LogP contribution is -2.40. The van der Waals surface area contributed by atoms with Crippen LogP contribution >= 0.6 is 0 Å². The van der Waals surface area contributed by atoms with E-state index in [1.165, 1.54) is 0 Å². The minimum atomic E-state index is -0.274. The molecular formula is C35H39N5O5. The summed E-state index contributed by atoms with van der Waals surface area (Å²) < 4.78 is 5.60. The van der Waals surface area contributed by atoms with Crippen LogP contribution in [0.15, 0.2) is 66.7 Å². The van der Waals surface area contributed by atoms with Crippen LogP contribution in [0.2, 0.25) is 0 Å². The second kappa shape index (κ2) is 13.5. The van der Waals surface area contributed by atoms with E-state index >= 15 is 0 Å². The lowest BCUT2D eigenvalue weighted by atomic mass is 9.82. The van der Waals surface area contributed by atoms with Crippen molar-refractivity contribution < 1.29 is 23.9 Å². The molecule has 4 amide bonds. The van der Waals surface area contributed by atoms with Gasteiger partial charge in [0, 0.05) is 41.5 Å². The van der Waals surface area contributed by atoms with Gasteiger partial charge in [-0.1, -0.05) is 12.1 Å². The SMILES string of the molecule is NCC1CCC(CNC(=O)c2ccc(NC(=O)c3ccc(CNC(=O)c4ccc5c(c4)OCC(=O)N5C4CC4)cc3)cc2)CC1. The highest BCUT2D eigenvalue weighted by atomic mass is 16.5. The largest absolute Gasteiger partial charge is 0.482 e. The third-order valence-electron chi connectivity index (χ3n) is 8.94. The Hall–Kier alpha value is -4.70. The fraction of sp³-hybridized carbons (Fsp3) is 0.371. The van der Waals surface area contributed by atoms with Crippen LogP contribution in [0.1, 0.15) is 75.2 Å². The number of nitrogens with two attached hydrogens (primary N) is 1. The fourth-order valence-corrected chi connectivity index (χ4v) is 6.02. The number of amides is 4. The van der Waals surface area contributed by atoms with Crippen LogP contribution in [-0.4, -0.2) is 49.4 Å². The lowest BCUT2D eigenvalue weighted by Gasteiger charge is -2.29. The Morgan fingerprint density at radius 1 is 0.756 bits per heavy atom. The molecule has 0 radical (unpaired) electrons. The van der Waals surface area contributed by atoms with Crippen LogP contribution in [0.5, 0.6) is 5.75 Å². The molecule has 10 heteroatoms. The summed E-state index contributed by atoms with van der Waals surface area (Å²) in [6.07, 6.45) is 6.41. The zero-order valence-corrected chi connectivity index (χ0v) is 25.2. The predicted molar refractivity (Wildman–Crippen MR) is 171 cm³/mol. The van der Waals surface area contributed by atoms with E-state index in [2.05, 4.69) is 16.0 Å². The number of fused-ring (bicyclic) bond motifs is 1. The van der Waals surface area contributed by atoms with Crippen molar-refractivity contribution in [3.8, 4) is 5.75 Å². The van der Waals surface area contributed by atoms with E-state index in [4.69, 9.17) is 10.5 Å². The summed E-state index contributed by atoms with van der Waals surface area (Å²) in [6.45, 7) is 1.67. The van der Waals surface area contributed by atoms with Crippen LogP contribution in [0, 0.1) is 11.8 Å². The Balaban J connectivity index is 0.963. The van der Waals surface area contributed by atoms with Gasteiger partial charge in [0.15, 0.2) is 6.61 Å². The zero-order valence-electron chi connectivity index (χ0n) is 25.2. The number of carbonyl (C=O) groups excluding carboxylic acids is 4. The van der Waals surface area contributed by atoms with Crippen molar-refractivity contribution in [2.45, 2.75) is 51.1 Å². The van der Waals surface area contributed by atoms with E-state index in [0.29, 0.717) is 52.2 Å². The van der Waals surface area contributed by atoms with E-state index in [9.17, 15) is 19.2 Å². The Morgan fingerprint density at radius 2 is 1.38 bits per heavy atom. The van der Waals surface area contributed by atoms with Gasteiger partial charge in [0.2, 0.25) is 0 Å². The van der Waals surface area contributed by atoms with Crippen molar-refractivity contribution in [1.29, 1.82) is 0 Å². The second-order valence-electron chi connectivity index (χ2n) is 12.2. The molecule has 3 aromatic carbocycles. The van der Waals surface area contributed by atoms with E-state index in [-0.39, 0.29) is 42.8 Å². The standard InChI is InChI=1S/C35H39N5O5/c36-18-22-1-3-23(4-2-22)19-37-33(42)25-9-12-28(13-10-25)39-35(44)26-7-5-24(6-8-26)20-38-34(43)27-11-16-30-31(17-27)45-21-32(41)40(30)29-14-15-29/h5-13,16-17,22-23,29H,1-4,14-15,18-21,36H2,(H,37,42)(H,38,43)(H,39,44). The number of anilines is 2. The maximum absolute atomic E-state index is 12.8. The quantitative estimate of drug-likeness (QED) is 0.271. The van der Waals surface area contributed by atoms with Gasteiger partial charge in [0.1, 0.15) is 5.75 Å². The summed E-state index contributed by atoms with van der Waals surface area (Å²) in [4.78, 5) is 52.3. The molecule has 6 rings (SSSR count). The van der Waals surface area contributed by atoms with Crippen LogP contribution in [0.25, 0.3) is 0 Å². The molecular weight excluding hydrogens is 570 g/mol. The summed E-state index contributed by atoms with van der Waals surface area (Å²) >= 11 is 0. The summed E-state index contributed by atoms with van der Waals surface area (Å²) in [5.41, 5.74) is 9.38. The monoisotopic (exact) mass is 609 g/mol. The van der Waals surface area contributed by atoms with Crippen molar-refractivity contribution >= 4 is 35.0 Å². The third kappa shape index (κ3) is 7.34. The van der Waals surface area contributed by atoms with Gasteiger partial charge in [-0.3, -0.25) is 19.2 Å². The molecule has 1 heterocycles. The van der Waals surface area contributed by atoms with Gasteiger partial charge in [-0.2, -0.15) is 0 Å². The molecule has 10 nitrogen and oxygen atoms in total. The molecule has 5 N–H and O–H groups in total. The topological polar surface area (TPSA) is 143 Å². The molecule has 2 saturated carbocycles. The predicted octanol–water partition coefficient (Wildman–Crippen LogP) is 4.25. The van der Waals surface area contributed by atoms with Crippen LogP contribution in [-0.2, 0) is 11.3 Å². The second-order valence-corrected chi connectivity index (χ2v) is 12.2. The number of ether oxygens (including phenoxy) is 1. The maximum atomic E-state index is 12.8. The number of nitrogens with zero attached hydrogens (tertiary/aromatic N) is 1. The molecule has 0 bridgehead atoms. The van der Waals surface area contributed by atoms with Gasteiger partial charge in [-0.05, 0) is 117 Å². The number of hydrogen-bond donors (Lipinski definition) is 4. The molecule has 1 aliphatic heterocycles. The van der Waals surface area contributed by atoms with Crippen molar-refractivity contribution in [3.05, 3.63) is 89.0 Å². The highest BCUT2D eigenvalue weighted by Crippen LogP contribution is 2.40. The number of nitrogens with one attached hydrogen (secondary N) is 3. The minimum absolute atomic E-state index is 0.0197. The van der Waals surface area contributed by atoms with Crippen molar-refractivity contribution in [1.82, 2.24) is 10.6 Å². The first-order valence-electron chi connectivity index (χ1n) is 15.7. The van der Waals surface area contributed by atoms with Crippen molar-refractivity contribution in [2.24, 2.45) is 17.6 Å². The molecule has 0 saturated heterocycles. The van der Waals surface area contributed by atoms with Crippen LogP contribution in [0.3, 0.4) is 0 Å². The lowest BCUT2D eigenvalue weighted by molar-refractivity contribution is -0.121. The molecule has 3 aliphatic rings. The van der Waals surface area contributed by atoms with E-state index < -0.39 is 0 Å². The average molecular weight is 610 g/mol. The number of hydrogen-bond acceptors (Lipinski definition) is 6. The number of benzene rings is 3. The first-order chi connectivity index (χ1) is 21.9. The molecule has 45 heavy (non-hydrogen) atoms. The normalized spacial score (nSPS) is 19.2. The smallest absolute Gasteiger partial charge is 0.265 e. The van der Waals surface area contributed by atoms with E-state index in [1.807, 2.05) is 0 Å². The van der Waals surface area contributed by atoms with Gasteiger partial charge in [0.05, 0.1) is 5.69 Å². The van der Waals surface area contributed by atoms with Gasteiger partial charge in [-0.15, -0.1) is 0 Å². The molecule has 3 aromatic rings. The van der Waals surface area contributed by atoms with Gasteiger partial charge in [-0.25, -0.2) is 0 Å². The molecule has 0 unspecified atom stereocenters. The highest BCUT2D eigenvalue weighted by Gasteiger charge is 2.38. The first kappa shape index (κ1) is 30.3. The Morgan fingerprint density at radius 3 is 2.07 bits per heavy atom. The van der Waals surface area contributed by atoms with Crippen LogP contribution < -0.4 is 31.3 Å². The summed E-state index contributed by atoms with van der Waals surface area (Å²) in [5.74, 6) is 0.945. The highest BCUT2D eigenvalue weighted by molar-refractivity contribution is 6.05. The third-order valence-corrected chi connectivity index (χ3v) is 8.94. The van der Waals surface area contributed by atoms with Gasteiger partial charge in [0.25, 0.3) is 23.6 Å². The van der Waals surface area contributed by atoms with Crippen molar-refractivity contribution in [3.63, 3.8) is 0 Å². The minimum Gasteiger partial charge on any atom is -0.482 e. The van der Waals surface area contributed by atoms with Crippen LogP contribution in [0.4, 0.5) is 11.4 Å². The van der Waals surface area contributed by atoms with E-state index in [0.717, 1.165) is 50.6 Å². The molecule has 0 spiro atoms. The van der Waals surface area contributed by atoms with Gasteiger partial charge >= 0.3 is 0 Å². The number of carbonyl (C=O) groups is 4. The fourth-order valence-electron chi connectivity index (χ4n) is 6.02.